The van der Waals surface area contributed by atoms with Gasteiger partial charge in [0.1, 0.15) is 11.6 Å². The van der Waals surface area contributed by atoms with Gasteiger partial charge in [-0.25, -0.2) is 4.98 Å². The molecular weight excluding hydrogens is 433 g/mol. The maximum atomic E-state index is 13.0. The molecule has 3 rings (SSSR count). The number of benzene rings is 1. The number of rotatable bonds is 6. The number of fused-ring (bicyclic) bond motifs is 1. The van der Waals surface area contributed by atoms with E-state index in [-0.39, 0.29) is 34.7 Å². The summed E-state index contributed by atoms with van der Waals surface area (Å²) in [6, 6.07) is 5.03. The van der Waals surface area contributed by atoms with E-state index in [4.69, 9.17) is 0 Å². The van der Waals surface area contributed by atoms with Gasteiger partial charge in [0, 0.05) is 5.25 Å². The van der Waals surface area contributed by atoms with E-state index in [1.54, 1.807) is 0 Å². The Hall–Kier alpha value is -2.63. The molecule has 0 bridgehead atoms. The van der Waals surface area contributed by atoms with E-state index in [9.17, 15) is 31.5 Å². The van der Waals surface area contributed by atoms with Gasteiger partial charge < -0.3 is 10.1 Å². The van der Waals surface area contributed by atoms with Crippen molar-refractivity contribution in [2.75, 3.05) is 11.9 Å². The van der Waals surface area contributed by atoms with E-state index in [0.717, 1.165) is 0 Å². The number of hydrogen-bond acceptors (Lipinski definition) is 5. The van der Waals surface area contributed by atoms with Crippen LogP contribution in [0, 0.1) is 0 Å². The molecule has 6 nitrogen and oxygen atoms in total. The number of carbonyl (C=O) groups is 1. The van der Waals surface area contributed by atoms with Gasteiger partial charge in [-0.2, -0.15) is 22.0 Å². The average Bonchev–Trinajstić information content (AvgIpc) is 3.00. The van der Waals surface area contributed by atoms with Crippen LogP contribution in [0.1, 0.15) is 19.4 Å². The Balaban J connectivity index is 1.92. The van der Waals surface area contributed by atoms with Crippen molar-refractivity contribution in [3.05, 3.63) is 40.2 Å². The maximum Gasteiger partial charge on any atom is 0.456 e. The number of anilines is 1. The lowest BCUT2D eigenvalue weighted by atomic mass is 10.2. The second-order valence-electron chi connectivity index (χ2n) is 6.74. The molecule has 0 fully saturated rings. The van der Waals surface area contributed by atoms with E-state index in [1.165, 1.54) is 40.6 Å². The van der Waals surface area contributed by atoms with E-state index >= 15 is 0 Å². The Labute approximate surface area is 171 Å². The zero-order chi connectivity index (χ0) is 22.3. The predicted octanol–water partition coefficient (Wildman–Crippen LogP) is 3.80. The maximum absolute atomic E-state index is 13.0. The van der Waals surface area contributed by atoms with Crippen LogP contribution in [0.2, 0.25) is 0 Å². The number of nitrogens with one attached hydrogen (secondary N) is 1. The van der Waals surface area contributed by atoms with Crippen molar-refractivity contribution in [2.45, 2.75) is 42.8 Å². The van der Waals surface area contributed by atoms with Gasteiger partial charge in [-0.1, -0.05) is 25.6 Å². The number of thioether (sulfide) groups is 1. The van der Waals surface area contributed by atoms with Crippen LogP contribution in [-0.2, 0) is 11.2 Å². The van der Waals surface area contributed by atoms with Gasteiger partial charge in [-0.05, 0) is 24.3 Å². The molecular formula is C18H16F5N3O3S. The first-order valence-corrected chi connectivity index (χ1v) is 9.57. The van der Waals surface area contributed by atoms with Crippen LogP contribution in [0.25, 0.3) is 5.69 Å². The highest BCUT2D eigenvalue weighted by Gasteiger charge is 2.58. The standard InChI is InChI=1S/C18H16F5N3O3S/c1-9(2)30-16-25-14-12(7-13(27)24-14)15(28)26(16)10-3-5-11(6-4-10)29-8-17(19,20)18(21,22)23/h3-6,9H,7-8H2,1-2H3,(H,24,27). The summed E-state index contributed by atoms with van der Waals surface area (Å²) in [7, 11) is 0. The Kier molecular flexibility index (Phi) is 5.81. The van der Waals surface area contributed by atoms with Gasteiger partial charge in [0.05, 0.1) is 17.7 Å². The van der Waals surface area contributed by atoms with Crippen LogP contribution in [0.5, 0.6) is 5.75 Å². The van der Waals surface area contributed by atoms with E-state index in [0.29, 0.717) is 10.8 Å². The molecule has 1 aromatic carbocycles. The number of amides is 1. The number of halogens is 5. The topological polar surface area (TPSA) is 73.2 Å². The first kappa shape index (κ1) is 22.1. The summed E-state index contributed by atoms with van der Waals surface area (Å²) < 4.78 is 68.6. The van der Waals surface area contributed by atoms with E-state index in [2.05, 4.69) is 15.0 Å². The SMILES string of the molecule is CC(C)Sc1nc2c(c(=O)n1-c1ccc(OCC(F)(F)C(F)(F)F)cc1)CC(=O)N2. The van der Waals surface area contributed by atoms with Crippen LogP contribution < -0.4 is 15.6 Å². The number of ether oxygens (including phenoxy) is 1. The van der Waals surface area contributed by atoms with Crippen molar-refractivity contribution in [2.24, 2.45) is 0 Å². The van der Waals surface area contributed by atoms with Gasteiger partial charge in [-0.15, -0.1) is 0 Å². The summed E-state index contributed by atoms with van der Waals surface area (Å²) >= 11 is 1.27. The summed E-state index contributed by atoms with van der Waals surface area (Å²) in [6.45, 7) is 1.90. The van der Waals surface area contributed by atoms with Crippen LogP contribution in [0.3, 0.4) is 0 Å². The summed E-state index contributed by atoms with van der Waals surface area (Å²) in [5.41, 5.74) is 0.0183. The van der Waals surface area contributed by atoms with Crippen molar-refractivity contribution >= 4 is 23.5 Å². The summed E-state index contributed by atoms with van der Waals surface area (Å²) in [6.07, 6.45) is -5.84. The second kappa shape index (κ2) is 7.89. The van der Waals surface area contributed by atoms with Crippen molar-refractivity contribution < 1.29 is 31.5 Å². The molecule has 162 valence electrons. The minimum absolute atomic E-state index is 0.0468. The van der Waals surface area contributed by atoms with Crippen LogP contribution >= 0.6 is 11.8 Å². The Bertz CT molecular complexity index is 1020. The number of carbonyl (C=O) groups excluding carboxylic acids is 1. The summed E-state index contributed by atoms with van der Waals surface area (Å²) in [4.78, 5) is 28.9. The minimum atomic E-state index is -5.72. The highest BCUT2D eigenvalue weighted by molar-refractivity contribution is 7.99. The molecule has 1 amide bonds. The normalized spacial score (nSPS) is 14.1. The lowest BCUT2D eigenvalue weighted by Crippen LogP contribution is -2.41. The number of alkyl halides is 5. The second-order valence-corrected chi connectivity index (χ2v) is 8.28. The fourth-order valence-corrected chi connectivity index (χ4v) is 3.46. The molecule has 12 heteroatoms. The molecule has 1 aliphatic rings. The number of nitrogens with zero attached hydrogens (tertiary/aromatic N) is 2. The third kappa shape index (κ3) is 4.42. The Morgan fingerprint density at radius 2 is 1.80 bits per heavy atom. The zero-order valence-corrected chi connectivity index (χ0v) is 16.5. The van der Waals surface area contributed by atoms with Gasteiger partial charge in [0.2, 0.25) is 5.91 Å². The van der Waals surface area contributed by atoms with E-state index < -0.39 is 24.3 Å². The van der Waals surface area contributed by atoms with Gasteiger partial charge in [0.15, 0.2) is 11.8 Å². The Morgan fingerprint density at radius 3 is 2.37 bits per heavy atom. The molecule has 0 saturated heterocycles. The minimum Gasteiger partial charge on any atom is -0.487 e. The molecule has 2 aromatic rings. The van der Waals surface area contributed by atoms with Crippen LogP contribution in [0.4, 0.5) is 27.8 Å². The third-order valence-corrected chi connectivity index (χ3v) is 4.97. The molecule has 1 aromatic heterocycles. The molecule has 1 aliphatic heterocycles. The van der Waals surface area contributed by atoms with Gasteiger partial charge >= 0.3 is 12.1 Å². The zero-order valence-electron chi connectivity index (χ0n) is 15.7. The van der Waals surface area contributed by atoms with E-state index in [1.807, 2.05) is 13.8 Å². The molecule has 0 aliphatic carbocycles. The van der Waals surface area contributed by atoms with Crippen LogP contribution in [0.15, 0.2) is 34.2 Å². The summed E-state index contributed by atoms with van der Waals surface area (Å²) in [5.74, 6) is -5.38. The lowest BCUT2D eigenvalue weighted by Gasteiger charge is -2.20. The summed E-state index contributed by atoms with van der Waals surface area (Å²) in [5, 5.41) is 2.87. The van der Waals surface area contributed by atoms with Crippen molar-refractivity contribution in [3.63, 3.8) is 0 Å². The molecule has 2 heterocycles. The van der Waals surface area contributed by atoms with Crippen molar-refractivity contribution in [1.82, 2.24) is 9.55 Å². The quantitative estimate of drug-likeness (QED) is 0.413. The highest BCUT2D eigenvalue weighted by atomic mass is 32.2. The fourth-order valence-electron chi connectivity index (χ4n) is 2.60. The van der Waals surface area contributed by atoms with Crippen molar-refractivity contribution in [1.29, 1.82) is 0 Å². The largest absolute Gasteiger partial charge is 0.487 e. The molecule has 0 saturated carbocycles. The lowest BCUT2D eigenvalue weighted by molar-refractivity contribution is -0.290. The van der Waals surface area contributed by atoms with Gasteiger partial charge in [-0.3, -0.25) is 14.2 Å². The molecule has 30 heavy (non-hydrogen) atoms. The first-order valence-electron chi connectivity index (χ1n) is 8.69. The predicted molar refractivity (Wildman–Crippen MR) is 99.7 cm³/mol. The van der Waals surface area contributed by atoms with Crippen LogP contribution in [-0.4, -0.2) is 39.4 Å². The smallest absolute Gasteiger partial charge is 0.456 e. The first-order chi connectivity index (χ1) is 13.9. The number of aromatic nitrogens is 2. The van der Waals surface area contributed by atoms with Crippen molar-refractivity contribution in [3.8, 4) is 11.4 Å². The average molecular weight is 449 g/mol. The molecule has 0 atom stereocenters. The monoisotopic (exact) mass is 449 g/mol. The van der Waals surface area contributed by atoms with Gasteiger partial charge in [0.25, 0.3) is 5.56 Å². The Morgan fingerprint density at radius 1 is 1.17 bits per heavy atom. The molecule has 0 spiro atoms. The fraction of sp³-hybridized carbons (Fsp3) is 0.389. The third-order valence-electron chi connectivity index (χ3n) is 4.01. The highest BCUT2D eigenvalue weighted by Crippen LogP contribution is 2.36. The molecule has 0 unspecified atom stereocenters. The molecule has 0 radical (unpaired) electrons. The number of hydrogen-bond donors (Lipinski definition) is 1. The molecule has 1 N–H and O–H groups in total.